The monoisotopic (exact) mass is 228 g/mol. The molecular formula is C8H19F3Si2. The van der Waals surface area contributed by atoms with Crippen molar-refractivity contribution in [2.45, 2.75) is 50.5 Å². The highest BCUT2D eigenvalue weighted by Gasteiger charge is 2.28. The van der Waals surface area contributed by atoms with Gasteiger partial charge in [0.2, 0.25) is 14.8 Å². The van der Waals surface area contributed by atoms with Crippen molar-refractivity contribution in [1.29, 1.82) is 0 Å². The lowest BCUT2D eigenvalue weighted by atomic mass is 10.8. The van der Waals surface area contributed by atoms with E-state index >= 15 is 0 Å². The summed E-state index contributed by atoms with van der Waals surface area (Å²) in [7, 11) is -3.17. The molecule has 0 heterocycles. The molecule has 0 rings (SSSR count). The molecule has 0 aliphatic heterocycles. The molecule has 0 saturated heterocycles. The van der Waals surface area contributed by atoms with Crippen molar-refractivity contribution < 1.29 is 12.9 Å². The Bertz CT molecular complexity index is 127. The lowest BCUT2D eigenvalue weighted by molar-refractivity contribution is 0.171. The summed E-state index contributed by atoms with van der Waals surface area (Å²) in [4.78, 5) is 0. The van der Waals surface area contributed by atoms with Crippen molar-refractivity contribution in [3.05, 3.63) is 0 Å². The highest BCUT2D eigenvalue weighted by Crippen LogP contribution is 2.23. The van der Waals surface area contributed by atoms with Gasteiger partial charge < -0.3 is 4.11 Å². The SMILES string of the molecule is CC[Si](F)(CC)CC[SiH2]CC(F)F. The van der Waals surface area contributed by atoms with Gasteiger partial charge in [0, 0.05) is 9.52 Å². The molecule has 0 amide bonds. The minimum Gasteiger partial charge on any atom is -0.314 e. The summed E-state index contributed by atoms with van der Waals surface area (Å²) >= 11 is 0. The highest BCUT2D eigenvalue weighted by atomic mass is 28.4. The van der Waals surface area contributed by atoms with E-state index in [1.165, 1.54) is 0 Å². The molecule has 0 fully saturated rings. The molecule has 0 nitrogen and oxygen atoms in total. The lowest BCUT2D eigenvalue weighted by Crippen LogP contribution is -2.26. The average molecular weight is 228 g/mol. The topological polar surface area (TPSA) is 0 Å². The minimum absolute atomic E-state index is 0.0674. The molecule has 13 heavy (non-hydrogen) atoms. The first-order valence-corrected chi connectivity index (χ1v) is 9.51. The molecule has 0 N–H and O–H groups in total. The van der Waals surface area contributed by atoms with E-state index in [2.05, 4.69) is 0 Å². The van der Waals surface area contributed by atoms with Crippen molar-refractivity contribution >= 4 is 17.9 Å². The third-order valence-corrected chi connectivity index (χ3v) is 8.75. The molecule has 80 valence electrons. The van der Waals surface area contributed by atoms with Gasteiger partial charge in [-0.3, -0.25) is 0 Å². The van der Waals surface area contributed by atoms with Crippen LogP contribution in [-0.2, 0) is 0 Å². The fourth-order valence-corrected chi connectivity index (χ4v) is 6.68. The van der Waals surface area contributed by atoms with Crippen LogP contribution in [0.5, 0.6) is 0 Å². The van der Waals surface area contributed by atoms with Gasteiger partial charge in [0.25, 0.3) is 0 Å². The second kappa shape index (κ2) is 6.64. The molecule has 0 saturated carbocycles. The first-order valence-electron chi connectivity index (χ1n) is 5.01. The Balaban J connectivity index is 3.50. The lowest BCUT2D eigenvalue weighted by Gasteiger charge is -2.17. The van der Waals surface area contributed by atoms with Crippen LogP contribution in [0.1, 0.15) is 13.8 Å². The van der Waals surface area contributed by atoms with E-state index in [-0.39, 0.29) is 6.04 Å². The second-order valence-electron chi connectivity index (χ2n) is 3.49. The largest absolute Gasteiger partial charge is 0.314 e. The summed E-state index contributed by atoms with van der Waals surface area (Å²) in [6.07, 6.45) is -2.16. The quantitative estimate of drug-likeness (QED) is 0.356. The Labute approximate surface area is 81.9 Å². The number of halogens is 3. The summed E-state index contributed by atoms with van der Waals surface area (Å²) < 4.78 is 37.3. The fraction of sp³-hybridized carbons (Fsp3) is 1.00. The van der Waals surface area contributed by atoms with Gasteiger partial charge in [-0.25, -0.2) is 8.78 Å². The van der Waals surface area contributed by atoms with E-state index in [9.17, 15) is 12.9 Å². The van der Waals surface area contributed by atoms with Crippen LogP contribution < -0.4 is 0 Å². The maximum atomic E-state index is 13.7. The van der Waals surface area contributed by atoms with Crippen molar-refractivity contribution in [3.8, 4) is 0 Å². The fourth-order valence-electron chi connectivity index (χ4n) is 1.34. The summed E-state index contributed by atoms with van der Waals surface area (Å²) in [6.45, 7) is 3.76. The molecule has 0 atom stereocenters. The third-order valence-electron chi connectivity index (χ3n) is 2.56. The molecule has 5 heteroatoms. The molecule has 0 aliphatic carbocycles. The Morgan fingerprint density at radius 1 is 1.23 bits per heavy atom. The Hall–Kier alpha value is 0.224. The predicted molar refractivity (Wildman–Crippen MR) is 56.8 cm³/mol. The van der Waals surface area contributed by atoms with Crippen LogP contribution in [0.15, 0.2) is 0 Å². The molecule has 0 aromatic carbocycles. The van der Waals surface area contributed by atoms with Gasteiger partial charge in [-0.1, -0.05) is 19.9 Å². The average Bonchev–Trinajstić information content (AvgIpc) is 2.12. The standard InChI is InChI=1S/C8H19F3Si2/c1-3-13(11,4-2)6-5-12-7-8(9)10/h8H,3-7,12H2,1-2H3. The normalized spacial score (nSPS) is 13.4. The van der Waals surface area contributed by atoms with Gasteiger partial charge in [-0.2, -0.15) is 0 Å². The van der Waals surface area contributed by atoms with Crippen LogP contribution in [0.3, 0.4) is 0 Å². The van der Waals surface area contributed by atoms with E-state index in [0.717, 1.165) is 6.04 Å². The van der Waals surface area contributed by atoms with Crippen LogP contribution in [-0.4, -0.2) is 24.4 Å². The van der Waals surface area contributed by atoms with Gasteiger partial charge in [0.1, 0.15) is 0 Å². The van der Waals surface area contributed by atoms with E-state index in [0.29, 0.717) is 18.1 Å². The molecular weight excluding hydrogens is 209 g/mol. The molecule has 0 aromatic rings. The predicted octanol–water partition coefficient (Wildman–Crippen LogP) is 3.21. The van der Waals surface area contributed by atoms with Gasteiger partial charge in [0.05, 0.1) is 0 Å². The zero-order chi connectivity index (χ0) is 10.3. The van der Waals surface area contributed by atoms with Crippen LogP contribution in [0.2, 0.25) is 30.2 Å². The number of alkyl halides is 2. The molecule has 0 aliphatic rings. The summed E-state index contributed by atoms with van der Waals surface area (Å²) in [5.74, 6) is 0. The van der Waals surface area contributed by atoms with Crippen LogP contribution >= 0.6 is 0 Å². The maximum Gasteiger partial charge on any atom is 0.246 e. The van der Waals surface area contributed by atoms with Gasteiger partial charge in [-0.15, -0.1) is 0 Å². The van der Waals surface area contributed by atoms with E-state index in [4.69, 9.17) is 0 Å². The van der Waals surface area contributed by atoms with Crippen LogP contribution in [0.4, 0.5) is 12.9 Å². The summed E-state index contributed by atoms with van der Waals surface area (Å²) in [5.41, 5.74) is 0. The molecule has 0 bridgehead atoms. The van der Waals surface area contributed by atoms with E-state index < -0.39 is 24.4 Å². The Morgan fingerprint density at radius 2 is 1.77 bits per heavy atom. The highest BCUT2D eigenvalue weighted by molar-refractivity contribution is 6.73. The third kappa shape index (κ3) is 6.32. The summed E-state index contributed by atoms with van der Waals surface area (Å²) in [6, 6.07) is 2.75. The van der Waals surface area contributed by atoms with Crippen molar-refractivity contribution in [2.24, 2.45) is 0 Å². The zero-order valence-electron chi connectivity index (χ0n) is 8.45. The van der Waals surface area contributed by atoms with Crippen molar-refractivity contribution in [3.63, 3.8) is 0 Å². The molecule has 0 spiro atoms. The molecule has 0 unspecified atom stereocenters. The number of hydrogen-bond acceptors (Lipinski definition) is 0. The van der Waals surface area contributed by atoms with Gasteiger partial charge in [0.15, 0.2) is 0 Å². The second-order valence-corrected chi connectivity index (χ2v) is 9.70. The maximum absolute atomic E-state index is 13.7. The van der Waals surface area contributed by atoms with Crippen molar-refractivity contribution in [1.82, 2.24) is 0 Å². The van der Waals surface area contributed by atoms with Gasteiger partial charge >= 0.3 is 0 Å². The van der Waals surface area contributed by atoms with E-state index in [1.54, 1.807) is 0 Å². The van der Waals surface area contributed by atoms with Gasteiger partial charge in [-0.05, 0) is 24.2 Å². The first-order chi connectivity index (χ1) is 6.04. The molecule has 0 radical (unpaired) electrons. The smallest absolute Gasteiger partial charge is 0.246 e. The Morgan fingerprint density at radius 3 is 2.15 bits per heavy atom. The van der Waals surface area contributed by atoms with Crippen LogP contribution in [0, 0.1) is 0 Å². The zero-order valence-corrected chi connectivity index (χ0v) is 10.9. The van der Waals surface area contributed by atoms with E-state index in [1.807, 2.05) is 13.8 Å². The summed E-state index contributed by atoms with van der Waals surface area (Å²) in [5, 5.41) is 0. The van der Waals surface area contributed by atoms with Crippen LogP contribution in [0.25, 0.3) is 0 Å². The first kappa shape index (κ1) is 13.2. The molecule has 0 aromatic heterocycles. The Kier molecular flexibility index (Phi) is 6.76. The van der Waals surface area contributed by atoms with Crippen molar-refractivity contribution in [2.75, 3.05) is 0 Å². The number of rotatable bonds is 7. The number of hydrogen-bond donors (Lipinski definition) is 0. The minimum atomic E-state index is -2.48.